The standard InChI is InChI=1S/C30H38N6O5/c1-29(2,3)41-28(38)32-24-20-10-6-5-9-19(20)17-30(24)12-14-35(15-13-30)25-21(18-37)31-23-26(33-25)36(34-27(23)39-4)22-11-7-8-16-40-22/h5-6,9-10,18,22,24H,7-8,11-17H2,1-4H3,(H,32,38)/t22?,24-/m1/s1. The molecule has 2 fully saturated rings. The van der Waals surface area contributed by atoms with E-state index in [2.05, 4.69) is 32.4 Å². The number of rotatable bonds is 5. The third-order valence-electron chi connectivity index (χ3n) is 8.48. The number of aromatic nitrogens is 4. The van der Waals surface area contributed by atoms with Crippen molar-refractivity contribution in [3.8, 4) is 5.88 Å². The molecule has 3 aromatic rings. The SMILES string of the molecule is COc1nn(C2CCCCO2)c2nc(N3CCC4(CC3)Cc3ccccc3[C@H]4NC(=O)OC(C)(C)C)c(C=O)nc12. The quantitative estimate of drug-likeness (QED) is 0.439. The lowest BCUT2D eigenvalue weighted by molar-refractivity contribution is -0.0375. The van der Waals surface area contributed by atoms with Crippen LogP contribution in [0.1, 0.15) is 86.8 Å². The lowest BCUT2D eigenvalue weighted by Crippen LogP contribution is -2.48. The van der Waals surface area contributed by atoms with Gasteiger partial charge in [-0.05, 0) is 70.4 Å². The molecule has 1 amide bonds. The van der Waals surface area contributed by atoms with Crippen LogP contribution in [-0.4, -0.2) is 64.5 Å². The van der Waals surface area contributed by atoms with E-state index < -0.39 is 11.7 Å². The smallest absolute Gasteiger partial charge is 0.408 e. The molecule has 3 aliphatic rings. The molecule has 2 aromatic heterocycles. The van der Waals surface area contributed by atoms with Crippen molar-refractivity contribution in [3.05, 3.63) is 41.1 Å². The maximum Gasteiger partial charge on any atom is 0.408 e. The fourth-order valence-electron chi connectivity index (χ4n) is 6.57. The number of fused-ring (bicyclic) bond motifs is 2. The van der Waals surface area contributed by atoms with Crippen molar-refractivity contribution >= 4 is 29.4 Å². The molecule has 1 aromatic carbocycles. The lowest BCUT2D eigenvalue weighted by atomic mass is 9.72. The zero-order valence-corrected chi connectivity index (χ0v) is 24.2. The van der Waals surface area contributed by atoms with Crippen LogP contribution in [0.15, 0.2) is 24.3 Å². The Labute approximate surface area is 239 Å². The third-order valence-corrected chi connectivity index (χ3v) is 8.48. The molecule has 1 N–H and O–H groups in total. The van der Waals surface area contributed by atoms with E-state index in [1.807, 2.05) is 32.9 Å². The number of hydrogen-bond acceptors (Lipinski definition) is 9. The van der Waals surface area contributed by atoms with Gasteiger partial charge in [0.05, 0.1) is 13.2 Å². The Kier molecular flexibility index (Phi) is 7.09. The minimum atomic E-state index is -0.584. The highest BCUT2D eigenvalue weighted by Gasteiger charge is 2.49. The van der Waals surface area contributed by atoms with Gasteiger partial charge in [0.1, 0.15) is 11.3 Å². The Morgan fingerprint density at radius 2 is 1.95 bits per heavy atom. The van der Waals surface area contributed by atoms with E-state index in [-0.39, 0.29) is 23.4 Å². The summed E-state index contributed by atoms with van der Waals surface area (Å²) in [5.74, 6) is 0.864. The highest BCUT2D eigenvalue weighted by Crippen LogP contribution is 2.52. The maximum atomic E-state index is 12.9. The molecule has 2 atom stereocenters. The molecule has 1 aliphatic carbocycles. The van der Waals surface area contributed by atoms with E-state index in [1.165, 1.54) is 12.7 Å². The monoisotopic (exact) mass is 562 g/mol. The number of aldehydes is 1. The predicted molar refractivity (Wildman–Crippen MR) is 152 cm³/mol. The molecule has 41 heavy (non-hydrogen) atoms. The van der Waals surface area contributed by atoms with Crippen molar-refractivity contribution in [1.29, 1.82) is 0 Å². The number of alkyl carbamates (subject to hydrolysis) is 1. The fourth-order valence-corrected chi connectivity index (χ4v) is 6.57. The highest BCUT2D eigenvalue weighted by molar-refractivity contribution is 5.87. The van der Waals surface area contributed by atoms with E-state index in [1.54, 1.807) is 4.68 Å². The molecule has 2 aliphatic heterocycles. The largest absolute Gasteiger partial charge is 0.478 e. The van der Waals surface area contributed by atoms with Crippen molar-refractivity contribution in [2.75, 3.05) is 31.7 Å². The molecule has 218 valence electrons. The first kappa shape index (κ1) is 27.4. The number of methoxy groups -OCH3 is 1. The number of carbonyl (C=O) groups excluding carboxylic acids is 2. The minimum Gasteiger partial charge on any atom is -0.478 e. The summed E-state index contributed by atoms with van der Waals surface area (Å²) >= 11 is 0. The molecule has 2 saturated heterocycles. The Morgan fingerprint density at radius 1 is 1.17 bits per heavy atom. The molecule has 1 unspecified atom stereocenters. The summed E-state index contributed by atoms with van der Waals surface area (Å²) in [7, 11) is 1.54. The number of hydrogen-bond donors (Lipinski definition) is 1. The Hall–Kier alpha value is -3.73. The second kappa shape index (κ2) is 10.6. The van der Waals surface area contributed by atoms with E-state index in [0.717, 1.165) is 50.4 Å². The first-order chi connectivity index (χ1) is 19.7. The molecule has 0 bridgehead atoms. The van der Waals surface area contributed by atoms with Gasteiger partial charge in [0.15, 0.2) is 29.5 Å². The summed E-state index contributed by atoms with van der Waals surface area (Å²) in [6, 6.07) is 8.15. The number of nitrogens with one attached hydrogen (secondary N) is 1. The minimum absolute atomic E-state index is 0.163. The number of benzene rings is 1. The van der Waals surface area contributed by atoms with Gasteiger partial charge in [-0.1, -0.05) is 24.3 Å². The highest BCUT2D eigenvalue weighted by atomic mass is 16.6. The topological polar surface area (TPSA) is 121 Å². The molecule has 0 saturated carbocycles. The number of ether oxygens (including phenoxy) is 3. The van der Waals surface area contributed by atoms with Crippen molar-refractivity contribution in [3.63, 3.8) is 0 Å². The van der Waals surface area contributed by atoms with Crippen LogP contribution in [0, 0.1) is 5.41 Å². The summed E-state index contributed by atoms with van der Waals surface area (Å²) in [6.07, 6.45) is 5.43. The van der Waals surface area contributed by atoms with E-state index >= 15 is 0 Å². The molecule has 4 heterocycles. The molecule has 11 nitrogen and oxygen atoms in total. The summed E-state index contributed by atoms with van der Waals surface area (Å²) in [5, 5.41) is 7.80. The van der Waals surface area contributed by atoms with Gasteiger partial charge < -0.3 is 24.4 Å². The van der Waals surface area contributed by atoms with Crippen LogP contribution in [0.4, 0.5) is 10.6 Å². The summed E-state index contributed by atoms with van der Waals surface area (Å²) in [5.41, 5.74) is 2.90. The van der Waals surface area contributed by atoms with E-state index in [0.29, 0.717) is 42.6 Å². The first-order valence-corrected chi connectivity index (χ1v) is 14.4. The fraction of sp³-hybridized carbons (Fsp3) is 0.567. The van der Waals surface area contributed by atoms with Crippen LogP contribution >= 0.6 is 0 Å². The lowest BCUT2D eigenvalue weighted by Gasteiger charge is -2.44. The zero-order valence-electron chi connectivity index (χ0n) is 24.2. The molecule has 1 spiro atoms. The number of amides is 1. The normalized spacial score (nSPS) is 22.0. The van der Waals surface area contributed by atoms with Crippen LogP contribution in [0.3, 0.4) is 0 Å². The van der Waals surface area contributed by atoms with Crippen LogP contribution in [-0.2, 0) is 15.9 Å². The van der Waals surface area contributed by atoms with Crippen LogP contribution in [0.5, 0.6) is 5.88 Å². The Morgan fingerprint density at radius 3 is 2.63 bits per heavy atom. The zero-order chi connectivity index (χ0) is 28.8. The predicted octanol–water partition coefficient (Wildman–Crippen LogP) is 4.76. The maximum absolute atomic E-state index is 12.9. The molecule has 6 rings (SSSR count). The van der Waals surface area contributed by atoms with Gasteiger partial charge in [-0.15, -0.1) is 5.10 Å². The van der Waals surface area contributed by atoms with Gasteiger partial charge in [0.2, 0.25) is 0 Å². The molecular formula is C30H38N6O5. The van der Waals surface area contributed by atoms with Crippen LogP contribution in [0.25, 0.3) is 11.2 Å². The number of nitrogens with zero attached hydrogens (tertiary/aromatic N) is 5. The van der Waals surface area contributed by atoms with E-state index in [9.17, 15) is 9.59 Å². The summed E-state index contributed by atoms with van der Waals surface area (Å²) in [6.45, 7) is 7.59. The average Bonchev–Trinajstić information content (AvgIpc) is 3.47. The van der Waals surface area contributed by atoms with Gasteiger partial charge in [-0.2, -0.15) is 0 Å². The van der Waals surface area contributed by atoms with Crippen LogP contribution < -0.4 is 15.0 Å². The van der Waals surface area contributed by atoms with Crippen molar-refractivity contribution in [1.82, 2.24) is 25.1 Å². The summed E-state index contributed by atoms with van der Waals surface area (Å²) in [4.78, 5) is 36.9. The van der Waals surface area contributed by atoms with Crippen molar-refractivity contribution in [2.45, 2.75) is 77.2 Å². The number of carbonyl (C=O) groups is 2. The molecule has 11 heteroatoms. The van der Waals surface area contributed by atoms with Gasteiger partial charge in [-0.25, -0.2) is 19.4 Å². The number of piperidine rings is 1. The van der Waals surface area contributed by atoms with Gasteiger partial charge in [-0.3, -0.25) is 4.79 Å². The molecule has 0 radical (unpaired) electrons. The first-order valence-electron chi connectivity index (χ1n) is 14.4. The third kappa shape index (κ3) is 5.11. The summed E-state index contributed by atoms with van der Waals surface area (Å²) < 4.78 is 18.9. The van der Waals surface area contributed by atoms with Crippen molar-refractivity contribution < 1.29 is 23.8 Å². The molecular weight excluding hydrogens is 524 g/mol. The van der Waals surface area contributed by atoms with Gasteiger partial charge in [0.25, 0.3) is 5.88 Å². The van der Waals surface area contributed by atoms with Gasteiger partial charge >= 0.3 is 6.09 Å². The van der Waals surface area contributed by atoms with E-state index in [4.69, 9.17) is 19.2 Å². The average molecular weight is 563 g/mol. The van der Waals surface area contributed by atoms with Crippen molar-refractivity contribution in [2.24, 2.45) is 5.41 Å². The van der Waals surface area contributed by atoms with Gasteiger partial charge in [0, 0.05) is 25.1 Å². The second-order valence-corrected chi connectivity index (χ2v) is 12.3. The van der Waals surface area contributed by atoms with Crippen LogP contribution in [0.2, 0.25) is 0 Å². The second-order valence-electron chi connectivity index (χ2n) is 12.3. The Balaban J connectivity index is 1.29. The number of anilines is 1. The Bertz CT molecular complexity index is 1450.